The molecule has 7 heteroatoms. The van der Waals surface area contributed by atoms with Gasteiger partial charge in [-0.3, -0.25) is 14.6 Å². The Kier molecular flexibility index (Phi) is 5.46. The maximum Gasteiger partial charge on any atom is 0.251 e. The fourth-order valence-corrected chi connectivity index (χ4v) is 3.66. The van der Waals surface area contributed by atoms with Gasteiger partial charge in [-0.05, 0) is 42.7 Å². The van der Waals surface area contributed by atoms with Gasteiger partial charge < -0.3 is 9.88 Å². The molecule has 6 nitrogen and oxygen atoms in total. The molecule has 1 aliphatic heterocycles. The number of H-pyrrole nitrogens is 1. The van der Waals surface area contributed by atoms with E-state index in [4.69, 9.17) is 0 Å². The van der Waals surface area contributed by atoms with E-state index in [0.717, 1.165) is 24.0 Å². The summed E-state index contributed by atoms with van der Waals surface area (Å²) in [5, 5.41) is 0. The van der Waals surface area contributed by atoms with E-state index in [2.05, 4.69) is 15.0 Å². The Hall–Kier alpha value is -3.35. The fourth-order valence-electron chi connectivity index (χ4n) is 3.66. The Bertz CT molecular complexity index is 1050. The van der Waals surface area contributed by atoms with Gasteiger partial charge in [0.15, 0.2) is 0 Å². The highest BCUT2D eigenvalue weighted by Crippen LogP contribution is 2.26. The number of amides is 1. The van der Waals surface area contributed by atoms with Crippen LogP contribution in [-0.4, -0.2) is 38.8 Å². The van der Waals surface area contributed by atoms with Crippen molar-refractivity contribution >= 4 is 5.91 Å². The summed E-state index contributed by atoms with van der Waals surface area (Å²) in [7, 11) is 0. The predicted octanol–water partition coefficient (Wildman–Crippen LogP) is 2.92. The smallest absolute Gasteiger partial charge is 0.251 e. The number of carbonyl (C=O) groups excluding carboxylic acids is 1. The van der Waals surface area contributed by atoms with Crippen LogP contribution in [0.25, 0.3) is 11.3 Å². The van der Waals surface area contributed by atoms with Crippen molar-refractivity contribution in [2.75, 3.05) is 13.1 Å². The number of nitrogens with zero attached hydrogens (tertiary/aromatic N) is 3. The topological polar surface area (TPSA) is 79.0 Å². The molecule has 2 aromatic heterocycles. The van der Waals surface area contributed by atoms with Crippen LogP contribution in [0.5, 0.6) is 0 Å². The zero-order valence-corrected chi connectivity index (χ0v) is 15.8. The van der Waals surface area contributed by atoms with Gasteiger partial charge in [0.25, 0.3) is 5.56 Å². The maximum absolute atomic E-state index is 13.1. The minimum absolute atomic E-state index is 0.00561. The molecule has 1 amide bonds. The van der Waals surface area contributed by atoms with Gasteiger partial charge >= 0.3 is 0 Å². The van der Waals surface area contributed by atoms with Crippen LogP contribution in [0.4, 0.5) is 4.39 Å². The highest BCUT2D eigenvalue weighted by molar-refractivity contribution is 5.79. The Morgan fingerprint density at radius 3 is 2.69 bits per heavy atom. The van der Waals surface area contributed by atoms with Gasteiger partial charge in [-0.25, -0.2) is 9.37 Å². The normalized spacial score (nSPS) is 16.6. The number of nitrogens with one attached hydrogen (secondary N) is 1. The maximum atomic E-state index is 13.1. The summed E-state index contributed by atoms with van der Waals surface area (Å²) in [6, 6.07) is 11.1. The molecule has 1 aromatic carbocycles. The van der Waals surface area contributed by atoms with E-state index < -0.39 is 0 Å². The molecule has 0 bridgehead atoms. The third kappa shape index (κ3) is 4.56. The lowest BCUT2D eigenvalue weighted by Gasteiger charge is -2.32. The lowest BCUT2D eigenvalue weighted by atomic mass is 9.96. The van der Waals surface area contributed by atoms with Crippen LogP contribution in [-0.2, 0) is 11.2 Å². The van der Waals surface area contributed by atoms with E-state index in [0.29, 0.717) is 24.6 Å². The standard InChI is InChI=1S/C22H21FN4O2/c23-18-5-3-15(4-6-18)12-21(29)27-11-1-2-17(14-27)22-25-19(13-20(28)26-22)16-7-9-24-10-8-16/h3-10,13,17H,1-2,11-12,14H2,(H,25,26,28)/t17-/m0/s1. The van der Waals surface area contributed by atoms with Crippen molar-refractivity contribution in [3.05, 3.63) is 82.4 Å². The summed E-state index contributed by atoms with van der Waals surface area (Å²) in [6.45, 7) is 1.17. The van der Waals surface area contributed by atoms with E-state index in [1.807, 2.05) is 12.1 Å². The van der Waals surface area contributed by atoms with Gasteiger partial charge in [0.05, 0.1) is 12.1 Å². The molecule has 0 radical (unpaired) electrons. The lowest BCUT2D eigenvalue weighted by molar-refractivity contribution is -0.131. The van der Waals surface area contributed by atoms with Gasteiger partial charge in [0, 0.05) is 43.0 Å². The van der Waals surface area contributed by atoms with Crippen molar-refractivity contribution < 1.29 is 9.18 Å². The zero-order valence-electron chi connectivity index (χ0n) is 15.8. The van der Waals surface area contributed by atoms with E-state index >= 15 is 0 Å². The van der Waals surface area contributed by atoms with Crippen LogP contribution < -0.4 is 5.56 Å². The van der Waals surface area contributed by atoms with E-state index in [-0.39, 0.29) is 29.6 Å². The van der Waals surface area contributed by atoms with Gasteiger partial charge in [0.1, 0.15) is 11.6 Å². The van der Waals surface area contributed by atoms with Crippen molar-refractivity contribution in [3.8, 4) is 11.3 Å². The number of rotatable bonds is 4. The molecule has 0 saturated carbocycles. The van der Waals surface area contributed by atoms with Gasteiger partial charge in [-0.1, -0.05) is 12.1 Å². The number of halogens is 1. The number of aromatic amines is 1. The highest BCUT2D eigenvalue weighted by atomic mass is 19.1. The molecule has 1 saturated heterocycles. The molecule has 3 aromatic rings. The Morgan fingerprint density at radius 1 is 1.17 bits per heavy atom. The van der Waals surface area contributed by atoms with Crippen molar-refractivity contribution in [2.24, 2.45) is 0 Å². The quantitative estimate of drug-likeness (QED) is 0.741. The average Bonchev–Trinajstić information content (AvgIpc) is 2.75. The Balaban J connectivity index is 1.51. The number of aromatic nitrogens is 3. The van der Waals surface area contributed by atoms with Crippen LogP contribution in [0.2, 0.25) is 0 Å². The first kappa shape index (κ1) is 19.0. The number of benzene rings is 1. The summed E-state index contributed by atoms with van der Waals surface area (Å²) in [4.78, 5) is 38.2. The van der Waals surface area contributed by atoms with Crippen molar-refractivity contribution in [3.63, 3.8) is 0 Å². The van der Waals surface area contributed by atoms with Crippen LogP contribution >= 0.6 is 0 Å². The van der Waals surface area contributed by atoms with E-state index in [1.54, 1.807) is 29.4 Å². The number of piperidine rings is 1. The molecule has 0 aliphatic carbocycles. The molecule has 1 fully saturated rings. The number of likely N-dealkylation sites (tertiary alicyclic amines) is 1. The second-order valence-corrected chi connectivity index (χ2v) is 7.23. The molecule has 0 spiro atoms. The molecule has 1 aliphatic rings. The van der Waals surface area contributed by atoms with E-state index in [9.17, 15) is 14.0 Å². The molecule has 1 N–H and O–H groups in total. The first-order chi connectivity index (χ1) is 14.1. The molecule has 148 valence electrons. The molecule has 29 heavy (non-hydrogen) atoms. The SMILES string of the molecule is O=C(Cc1ccc(F)cc1)N1CCC[C@H](c2nc(-c3ccncc3)cc(=O)[nH]2)C1. The molecule has 3 heterocycles. The largest absolute Gasteiger partial charge is 0.342 e. The summed E-state index contributed by atoms with van der Waals surface area (Å²) in [5.41, 5.74) is 2.00. The summed E-state index contributed by atoms with van der Waals surface area (Å²) in [5.74, 6) is 0.247. The first-order valence-electron chi connectivity index (χ1n) is 9.62. The average molecular weight is 392 g/mol. The van der Waals surface area contributed by atoms with Crippen LogP contribution in [0, 0.1) is 5.82 Å². The first-order valence-corrected chi connectivity index (χ1v) is 9.62. The van der Waals surface area contributed by atoms with Crippen LogP contribution in [0.1, 0.15) is 30.1 Å². The molecule has 4 rings (SSSR count). The number of pyridine rings is 1. The van der Waals surface area contributed by atoms with E-state index in [1.165, 1.54) is 18.2 Å². The second kappa shape index (κ2) is 8.34. The molecular formula is C22H21FN4O2. The monoisotopic (exact) mass is 392 g/mol. The lowest BCUT2D eigenvalue weighted by Crippen LogP contribution is -2.40. The van der Waals surface area contributed by atoms with Crippen molar-refractivity contribution in [1.82, 2.24) is 19.9 Å². The van der Waals surface area contributed by atoms with Gasteiger partial charge in [-0.2, -0.15) is 0 Å². The summed E-state index contributed by atoms with van der Waals surface area (Å²) in [6.07, 6.45) is 5.24. The van der Waals surface area contributed by atoms with Crippen molar-refractivity contribution in [1.29, 1.82) is 0 Å². The summed E-state index contributed by atoms with van der Waals surface area (Å²) >= 11 is 0. The third-order valence-electron chi connectivity index (χ3n) is 5.17. The number of hydrogen-bond acceptors (Lipinski definition) is 4. The molecule has 1 atom stereocenters. The highest BCUT2D eigenvalue weighted by Gasteiger charge is 2.26. The Morgan fingerprint density at radius 2 is 1.93 bits per heavy atom. The van der Waals surface area contributed by atoms with Gasteiger partial charge in [0.2, 0.25) is 5.91 Å². The van der Waals surface area contributed by atoms with Crippen LogP contribution in [0.3, 0.4) is 0 Å². The minimum Gasteiger partial charge on any atom is -0.342 e. The minimum atomic E-state index is -0.316. The Labute approximate surface area is 167 Å². The number of hydrogen-bond donors (Lipinski definition) is 1. The van der Waals surface area contributed by atoms with Crippen molar-refractivity contribution in [2.45, 2.75) is 25.2 Å². The molecule has 0 unspecified atom stereocenters. The third-order valence-corrected chi connectivity index (χ3v) is 5.17. The van der Waals surface area contributed by atoms with Gasteiger partial charge in [-0.15, -0.1) is 0 Å². The fraction of sp³-hybridized carbons (Fsp3) is 0.273. The zero-order chi connectivity index (χ0) is 20.2. The number of carbonyl (C=O) groups is 1. The predicted molar refractivity (Wildman–Crippen MR) is 107 cm³/mol. The summed E-state index contributed by atoms with van der Waals surface area (Å²) < 4.78 is 13.1. The van der Waals surface area contributed by atoms with Crippen LogP contribution in [0.15, 0.2) is 59.7 Å². The second-order valence-electron chi connectivity index (χ2n) is 7.23. The molecular weight excluding hydrogens is 371 g/mol.